The van der Waals surface area contributed by atoms with Crippen LogP contribution in [0, 0.1) is 5.92 Å². The molecule has 0 unspecified atom stereocenters. The molecule has 0 aliphatic carbocycles. The molecule has 0 radical (unpaired) electrons. The van der Waals surface area contributed by atoms with Gasteiger partial charge in [-0.2, -0.15) is 0 Å². The Labute approximate surface area is 109 Å². The second kappa shape index (κ2) is 9.88. The summed E-state index contributed by atoms with van der Waals surface area (Å²) in [6.45, 7) is 5.89. The molecule has 0 spiro atoms. The number of hydrogen-bond donors (Lipinski definition) is 2. The molecule has 0 rings (SSSR count). The molecule has 106 valence electrons. The lowest BCUT2D eigenvalue weighted by Gasteiger charge is -2.16. The number of unbranched alkanes of at least 4 members (excludes halogenated alkanes) is 4. The number of hydrogen-bond acceptors (Lipinski definition) is 3. The van der Waals surface area contributed by atoms with E-state index in [2.05, 4.69) is 12.3 Å². The number of amides is 2. The van der Waals surface area contributed by atoms with E-state index < -0.39 is 5.91 Å². The van der Waals surface area contributed by atoms with Crippen LogP contribution in [0.15, 0.2) is 0 Å². The maximum absolute atomic E-state index is 11.4. The number of carbonyl (C=O) groups excluding carboxylic acids is 2. The first-order valence-electron chi connectivity index (χ1n) is 6.78. The summed E-state index contributed by atoms with van der Waals surface area (Å²) in [4.78, 5) is 22.8. The Balaban J connectivity index is 3.70. The first-order chi connectivity index (χ1) is 8.47. The fourth-order valence-corrected chi connectivity index (χ4v) is 1.56. The van der Waals surface area contributed by atoms with E-state index in [1.54, 1.807) is 0 Å². The van der Waals surface area contributed by atoms with Crippen LogP contribution in [0.4, 0.5) is 0 Å². The molecule has 0 atom stereocenters. The Kier molecular flexibility index (Phi) is 9.28. The van der Waals surface area contributed by atoms with Crippen LogP contribution >= 0.6 is 0 Å². The van der Waals surface area contributed by atoms with Crippen molar-refractivity contribution in [3.63, 3.8) is 0 Å². The SMILES string of the molecule is CCCCCCCC(=O)NN(O)C(=O)CC(C)C. The molecule has 18 heavy (non-hydrogen) atoms. The molecule has 0 aliphatic heterocycles. The summed E-state index contributed by atoms with van der Waals surface area (Å²) in [7, 11) is 0. The summed E-state index contributed by atoms with van der Waals surface area (Å²) >= 11 is 0. The highest BCUT2D eigenvalue weighted by Crippen LogP contribution is 2.05. The van der Waals surface area contributed by atoms with Crippen molar-refractivity contribution in [2.75, 3.05) is 0 Å². The van der Waals surface area contributed by atoms with E-state index in [-0.39, 0.29) is 18.2 Å². The Morgan fingerprint density at radius 3 is 2.33 bits per heavy atom. The predicted molar refractivity (Wildman–Crippen MR) is 69.6 cm³/mol. The summed E-state index contributed by atoms with van der Waals surface area (Å²) in [5, 5.41) is 9.64. The van der Waals surface area contributed by atoms with Gasteiger partial charge in [0.05, 0.1) is 0 Å². The predicted octanol–water partition coefficient (Wildman–Crippen LogP) is 2.64. The van der Waals surface area contributed by atoms with Crippen molar-refractivity contribution >= 4 is 11.8 Å². The van der Waals surface area contributed by atoms with Crippen LogP contribution in [0.3, 0.4) is 0 Å². The van der Waals surface area contributed by atoms with Crippen LogP contribution in [0.5, 0.6) is 0 Å². The molecule has 5 nitrogen and oxygen atoms in total. The van der Waals surface area contributed by atoms with Crippen molar-refractivity contribution in [2.24, 2.45) is 5.92 Å². The van der Waals surface area contributed by atoms with Crippen LogP contribution in [0.1, 0.15) is 65.7 Å². The molecule has 0 aromatic rings. The molecular weight excluding hydrogens is 232 g/mol. The van der Waals surface area contributed by atoms with Crippen molar-refractivity contribution in [3.8, 4) is 0 Å². The Morgan fingerprint density at radius 2 is 1.78 bits per heavy atom. The van der Waals surface area contributed by atoms with E-state index in [1.165, 1.54) is 12.8 Å². The van der Waals surface area contributed by atoms with Gasteiger partial charge in [0.15, 0.2) is 0 Å². The van der Waals surface area contributed by atoms with Crippen LogP contribution in [-0.2, 0) is 9.59 Å². The summed E-state index contributed by atoms with van der Waals surface area (Å²) in [5.74, 6) is -0.645. The van der Waals surface area contributed by atoms with Gasteiger partial charge in [-0.05, 0) is 12.3 Å². The minimum atomic E-state index is -0.482. The summed E-state index contributed by atoms with van der Waals surface area (Å²) < 4.78 is 0. The van der Waals surface area contributed by atoms with Crippen molar-refractivity contribution in [2.45, 2.75) is 65.7 Å². The summed E-state index contributed by atoms with van der Waals surface area (Å²) in [6, 6.07) is 0. The fraction of sp³-hybridized carbons (Fsp3) is 0.846. The van der Waals surface area contributed by atoms with E-state index in [0.29, 0.717) is 11.6 Å². The molecule has 0 fully saturated rings. The van der Waals surface area contributed by atoms with Crippen LogP contribution in [0.25, 0.3) is 0 Å². The smallest absolute Gasteiger partial charge is 0.266 e. The third-order valence-corrected chi connectivity index (χ3v) is 2.56. The molecule has 0 saturated heterocycles. The van der Waals surface area contributed by atoms with Gasteiger partial charge in [-0.25, -0.2) is 5.43 Å². The zero-order valence-corrected chi connectivity index (χ0v) is 11.7. The second-order valence-corrected chi connectivity index (χ2v) is 5.00. The zero-order valence-electron chi connectivity index (χ0n) is 11.7. The van der Waals surface area contributed by atoms with Gasteiger partial charge in [0, 0.05) is 12.8 Å². The van der Waals surface area contributed by atoms with Gasteiger partial charge >= 0.3 is 0 Å². The van der Waals surface area contributed by atoms with Crippen LogP contribution < -0.4 is 5.43 Å². The third-order valence-electron chi connectivity index (χ3n) is 2.56. The number of carbonyl (C=O) groups is 2. The maximum Gasteiger partial charge on any atom is 0.266 e. The Hall–Kier alpha value is -1.10. The van der Waals surface area contributed by atoms with E-state index in [9.17, 15) is 14.8 Å². The molecule has 2 amide bonds. The summed E-state index contributed by atoms with van der Waals surface area (Å²) in [6.07, 6.45) is 5.83. The van der Waals surface area contributed by atoms with Gasteiger partial charge in [0.1, 0.15) is 0 Å². The van der Waals surface area contributed by atoms with Gasteiger partial charge in [-0.15, -0.1) is 5.17 Å². The van der Waals surface area contributed by atoms with Gasteiger partial charge in [-0.3, -0.25) is 14.8 Å². The van der Waals surface area contributed by atoms with E-state index >= 15 is 0 Å². The Bertz CT molecular complexity index is 255. The minimum Gasteiger partial charge on any atom is -0.273 e. The average molecular weight is 258 g/mol. The number of rotatable bonds is 8. The van der Waals surface area contributed by atoms with Crippen molar-refractivity contribution in [3.05, 3.63) is 0 Å². The number of nitrogens with zero attached hydrogens (tertiary/aromatic N) is 1. The van der Waals surface area contributed by atoms with Gasteiger partial charge in [0.25, 0.3) is 5.91 Å². The van der Waals surface area contributed by atoms with Gasteiger partial charge in [-0.1, -0.05) is 46.5 Å². The van der Waals surface area contributed by atoms with Crippen molar-refractivity contribution in [1.29, 1.82) is 0 Å². The average Bonchev–Trinajstić information content (AvgIpc) is 2.27. The molecule has 0 bridgehead atoms. The molecule has 0 aromatic heterocycles. The molecule has 0 heterocycles. The van der Waals surface area contributed by atoms with E-state index in [4.69, 9.17) is 0 Å². The molecule has 2 N–H and O–H groups in total. The highest BCUT2D eigenvalue weighted by Gasteiger charge is 2.14. The number of hydrazine groups is 1. The third kappa shape index (κ3) is 8.98. The maximum atomic E-state index is 11.4. The molecule has 0 aliphatic rings. The minimum absolute atomic E-state index is 0.151. The van der Waals surface area contributed by atoms with Crippen LogP contribution in [-0.4, -0.2) is 22.2 Å². The molecule has 0 aromatic carbocycles. The highest BCUT2D eigenvalue weighted by molar-refractivity contribution is 5.81. The first kappa shape index (κ1) is 16.9. The standard InChI is InChI=1S/C13H26N2O3/c1-4-5-6-7-8-9-12(16)14-15(18)13(17)10-11(2)3/h11,18H,4-10H2,1-3H3,(H,14,16). The zero-order chi connectivity index (χ0) is 14.0. The molecular formula is C13H26N2O3. The number of hydroxylamine groups is 1. The van der Waals surface area contributed by atoms with Gasteiger partial charge in [0.2, 0.25) is 5.91 Å². The highest BCUT2D eigenvalue weighted by atomic mass is 16.6. The fourth-order valence-electron chi connectivity index (χ4n) is 1.56. The first-order valence-corrected chi connectivity index (χ1v) is 6.78. The lowest BCUT2D eigenvalue weighted by Crippen LogP contribution is -2.44. The lowest BCUT2D eigenvalue weighted by atomic mass is 10.1. The summed E-state index contributed by atoms with van der Waals surface area (Å²) in [5.41, 5.74) is 2.18. The van der Waals surface area contributed by atoms with Crippen molar-refractivity contribution < 1.29 is 14.8 Å². The normalized spacial score (nSPS) is 10.5. The van der Waals surface area contributed by atoms with E-state index in [1.807, 2.05) is 13.8 Å². The quantitative estimate of drug-likeness (QED) is 0.399. The topological polar surface area (TPSA) is 69.6 Å². The Morgan fingerprint density at radius 1 is 1.17 bits per heavy atom. The largest absolute Gasteiger partial charge is 0.273 e. The van der Waals surface area contributed by atoms with Crippen LogP contribution in [0.2, 0.25) is 0 Å². The van der Waals surface area contributed by atoms with Crippen molar-refractivity contribution in [1.82, 2.24) is 10.6 Å². The van der Waals surface area contributed by atoms with E-state index in [0.717, 1.165) is 19.3 Å². The van der Waals surface area contributed by atoms with Gasteiger partial charge < -0.3 is 0 Å². The molecule has 5 heteroatoms. The molecule has 0 saturated carbocycles. The lowest BCUT2D eigenvalue weighted by molar-refractivity contribution is -0.185. The second-order valence-electron chi connectivity index (χ2n) is 5.00. The monoisotopic (exact) mass is 258 g/mol. The number of nitrogens with one attached hydrogen (secondary N) is 1.